The zero-order chi connectivity index (χ0) is 41.4. The van der Waals surface area contributed by atoms with Crippen LogP contribution in [0.4, 0.5) is 0 Å². The Morgan fingerprint density at radius 1 is 0.302 bits per heavy atom. The fourth-order valence-corrected chi connectivity index (χ4v) is 9.28. The fraction of sp³-hybridized carbons (Fsp3) is 0. The van der Waals surface area contributed by atoms with Crippen LogP contribution >= 0.6 is 0 Å². The molecule has 0 unspecified atom stereocenters. The van der Waals surface area contributed by atoms with Crippen LogP contribution in [0.5, 0.6) is 0 Å². The van der Waals surface area contributed by atoms with Crippen LogP contribution < -0.4 is 0 Å². The van der Waals surface area contributed by atoms with Gasteiger partial charge in [-0.15, -0.1) is 0 Å². The number of nitrogens with zero attached hydrogens (tertiary/aromatic N) is 4. The molecule has 13 aromatic rings. The van der Waals surface area contributed by atoms with E-state index in [0.29, 0.717) is 17.5 Å². The molecule has 9 aromatic carbocycles. The van der Waals surface area contributed by atoms with Crippen LogP contribution in [0.3, 0.4) is 0 Å². The third-order valence-electron chi connectivity index (χ3n) is 12.3. The molecule has 0 amide bonds. The summed E-state index contributed by atoms with van der Waals surface area (Å²) in [4.78, 5) is 15.6. The Bertz CT molecular complexity index is 3850. The Balaban J connectivity index is 0.977. The lowest BCUT2D eigenvalue weighted by Crippen LogP contribution is -2.00. The van der Waals surface area contributed by atoms with Gasteiger partial charge in [-0.1, -0.05) is 146 Å². The van der Waals surface area contributed by atoms with Crippen molar-refractivity contribution in [2.45, 2.75) is 0 Å². The Morgan fingerprint density at radius 2 is 0.794 bits per heavy atom. The van der Waals surface area contributed by atoms with Gasteiger partial charge in [0.05, 0.1) is 11.0 Å². The van der Waals surface area contributed by atoms with E-state index in [1.165, 1.54) is 10.8 Å². The van der Waals surface area contributed by atoms with Crippen LogP contribution in [-0.2, 0) is 0 Å². The average Bonchev–Trinajstić information content (AvgIpc) is 4.03. The van der Waals surface area contributed by atoms with Crippen LogP contribution in [-0.4, -0.2) is 19.5 Å². The van der Waals surface area contributed by atoms with Gasteiger partial charge in [-0.25, -0.2) is 15.0 Å². The van der Waals surface area contributed by atoms with E-state index in [1.54, 1.807) is 0 Å². The molecule has 63 heavy (non-hydrogen) atoms. The van der Waals surface area contributed by atoms with Gasteiger partial charge in [-0.3, -0.25) is 0 Å². The van der Waals surface area contributed by atoms with E-state index in [0.717, 1.165) is 99.5 Å². The molecule has 0 spiro atoms. The molecule has 4 aromatic heterocycles. The van der Waals surface area contributed by atoms with Crippen LogP contribution in [0.2, 0.25) is 0 Å². The first-order chi connectivity index (χ1) is 31.2. The van der Waals surface area contributed by atoms with Crippen molar-refractivity contribution in [3.8, 4) is 62.1 Å². The minimum absolute atomic E-state index is 0.543. The Hall–Kier alpha value is -8.61. The van der Waals surface area contributed by atoms with Gasteiger partial charge in [0.25, 0.3) is 0 Å². The van der Waals surface area contributed by atoms with Gasteiger partial charge in [-0.05, 0) is 76.9 Å². The van der Waals surface area contributed by atoms with Gasteiger partial charge >= 0.3 is 0 Å². The van der Waals surface area contributed by atoms with Gasteiger partial charge < -0.3 is 13.4 Å². The third-order valence-corrected chi connectivity index (χ3v) is 12.3. The summed E-state index contributed by atoms with van der Waals surface area (Å²) in [5.41, 5.74) is 13.5. The molecule has 0 aliphatic rings. The minimum Gasteiger partial charge on any atom is -0.456 e. The smallest absolute Gasteiger partial charge is 0.164 e. The number of hydrogen-bond acceptors (Lipinski definition) is 5. The highest BCUT2D eigenvalue weighted by molar-refractivity contribution is 6.14. The number of rotatable bonds is 6. The van der Waals surface area contributed by atoms with E-state index >= 15 is 0 Å². The molecule has 0 fully saturated rings. The molecule has 0 aliphatic carbocycles. The molecule has 0 atom stereocenters. The van der Waals surface area contributed by atoms with Gasteiger partial charge in [0.15, 0.2) is 17.5 Å². The fourth-order valence-electron chi connectivity index (χ4n) is 9.28. The summed E-state index contributed by atoms with van der Waals surface area (Å²) in [6.45, 7) is 0. The van der Waals surface area contributed by atoms with Crippen molar-refractivity contribution in [1.82, 2.24) is 19.5 Å². The molecule has 6 heteroatoms. The highest BCUT2D eigenvalue weighted by atomic mass is 16.3. The van der Waals surface area contributed by atoms with Crippen molar-refractivity contribution < 1.29 is 8.83 Å². The lowest BCUT2D eigenvalue weighted by Gasteiger charge is -2.11. The van der Waals surface area contributed by atoms with Crippen molar-refractivity contribution in [3.63, 3.8) is 0 Å². The summed E-state index contributed by atoms with van der Waals surface area (Å²) in [7, 11) is 0. The van der Waals surface area contributed by atoms with Gasteiger partial charge in [-0.2, -0.15) is 0 Å². The summed E-state index contributed by atoms with van der Waals surface area (Å²) in [5, 5.41) is 6.64. The molecular formula is C57H34N4O2. The van der Waals surface area contributed by atoms with Crippen LogP contribution in [0.15, 0.2) is 215 Å². The first-order valence-corrected chi connectivity index (χ1v) is 21.1. The molecule has 0 aliphatic heterocycles. The van der Waals surface area contributed by atoms with E-state index in [-0.39, 0.29) is 0 Å². The molecule has 0 saturated carbocycles. The minimum atomic E-state index is 0.543. The summed E-state index contributed by atoms with van der Waals surface area (Å²) in [6, 6.07) is 71.5. The van der Waals surface area contributed by atoms with E-state index in [9.17, 15) is 0 Å². The standard InChI is InChI=1S/C57H34N4O2/c1-3-13-35(14-4-1)36-23-25-38(26-24-36)55-58-56(60-57(59-55)40-31-47(37-15-5-2-6-16-37)54-46-19-9-12-22-50(46)62-53(54)33-40)39-27-29-44-45-30-28-41(34-52(45)63-51(44)32-39)61-48-20-10-7-17-42(48)43-18-8-11-21-49(43)61/h1-34H. The van der Waals surface area contributed by atoms with E-state index in [4.69, 9.17) is 23.8 Å². The maximum atomic E-state index is 6.71. The second kappa shape index (κ2) is 14.0. The molecule has 0 bridgehead atoms. The summed E-state index contributed by atoms with van der Waals surface area (Å²) in [6.07, 6.45) is 0. The highest BCUT2D eigenvalue weighted by Crippen LogP contribution is 2.41. The number of para-hydroxylation sites is 3. The second-order valence-electron chi connectivity index (χ2n) is 16.0. The molecule has 13 rings (SSSR count). The molecule has 0 radical (unpaired) electrons. The van der Waals surface area contributed by atoms with Crippen molar-refractivity contribution in [3.05, 3.63) is 206 Å². The normalized spacial score (nSPS) is 11.8. The Labute approximate surface area is 361 Å². The van der Waals surface area contributed by atoms with Crippen LogP contribution in [0.25, 0.3) is 128 Å². The van der Waals surface area contributed by atoms with Crippen LogP contribution in [0.1, 0.15) is 0 Å². The van der Waals surface area contributed by atoms with Crippen molar-refractivity contribution in [2.24, 2.45) is 0 Å². The molecule has 294 valence electrons. The van der Waals surface area contributed by atoms with E-state index < -0.39 is 0 Å². The number of aromatic nitrogens is 4. The van der Waals surface area contributed by atoms with E-state index in [2.05, 4.69) is 187 Å². The zero-order valence-corrected chi connectivity index (χ0v) is 33.7. The Kier molecular flexibility index (Phi) is 7.80. The van der Waals surface area contributed by atoms with Crippen molar-refractivity contribution in [1.29, 1.82) is 0 Å². The average molecular weight is 807 g/mol. The number of furan rings is 2. The first kappa shape index (κ1) is 35.2. The van der Waals surface area contributed by atoms with Crippen molar-refractivity contribution in [2.75, 3.05) is 0 Å². The quantitative estimate of drug-likeness (QED) is 0.167. The molecular weight excluding hydrogens is 773 g/mol. The first-order valence-electron chi connectivity index (χ1n) is 21.1. The zero-order valence-electron chi connectivity index (χ0n) is 33.7. The maximum Gasteiger partial charge on any atom is 0.164 e. The number of fused-ring (bicyclic) bond motifs is 9. The molecule has 0 saturated heterocycles. The molecule has 6 nitrogen and oxygen atoms in total. The summed E-state index contributed by atoms with van der Waals surface area (Å²) in [5.74, 6) is 1.66. The Morgan fingerprint density at radius 3 is 1.51 bits per heavy atom. The summed E-state index contributed by atoms with van der Waals surface area (Å²) >= 11 is 0. The molecule has 0 N–H and O–H groups in total. The third kappa shape index (κ3) is 5.76. The molecule has 4 heterocycles. The van der Waals surface area contributed by atoms with E-state index in [1.807, 2.05) is 24.3 Å². The lowest BCUT2D eigenvalue weighted by atomic mass is 9.97. The van der Waals surface area contributed by atoms with Gasteiger partial charge in [0.2, 0.25) is 0 Å². The second-order valence-corrected chi connectivity index (χ2v) is 16.0. The number of hydrogen-bond donors (Lipinski definition) is 0. The van der Waals surface area contributed by atoms with Gasteiger partial charge in [0.1, 0.15) is 22.3 Å². The van der Waals surface area contributed by atoms with Gasteiger partial charge in [0, 0.05) is 60.8 Å². The SMILES string of the molecule is c1ccc(-c2ccc(-c3nc(-c4ccc5c(c4)oc4cc(-n6c7ccccc7c7ccccc76)ccc45)nc(-c4cc(-c5ccccc5)c5c(c4)oc4ccccc45)n3)cc2)cc1. The predicted molar refractivity (Wildman–Crippen MR) is 256 cm³/mol. The maximum absolute atomic E-state index is 6.71. The predicted octanol–water partition coefficient (Wildman–Crippen LogP) is 15.1. The van der Waals surface area contributed by atoms with Crippen LogP contribution in [0, 0.1) is 0 Å². The lowest BCUT2D eigenvalue weighted by molar-refractivity contribution is 0.668. The number of benzene rings is 9. The highest BCUT2D eigenvalue weighted by Gasteiger charge is 2.20. The monoisotopic (exact) mass is 806 g/mol. The topological polar surface area (TPSA) is 69.9 Å². The largest absolute Gasteiger partial charge is 0.456 e. The summed E-state index contributed by atoms with van der Waals surface area (Å²) < 4.78 is 15.5. The van der Waals surface area contributed by atoms with Crippen molar-refractivity contribution >= 4 is 65.7 Å².